The summed E-state index contributed by atoms with van der Waals surface area (Å²) >= 11 is 0. The van der Waals surface area contributed by atoms with Crippen LogP contribution in [0.4, 0.5) is 5.82 Å². The summed E-state index contributed by atoms with van der Waals surface area (Å²) in [5, 5.41) is 7.27. The maximum Gasteiger partial charge on any atom is 0.129 e. The Hall–Kier alpha value is -1.16. The van der Waals surface area contributed by atoms with E-state index in [0.717, 1.165) is 30.8 Å². The van der Waals surface area contributed by atoms with Gasteiger partial charge in [0.05, 0.1) is 0 Å². The highest BCUT2D eigenvalue weighted by atomic mass is 15.1. The third-order valence-electron chi connectivity index (χ3n) is 3.63. The van der Waals surface area contributed by atoms with Crippen LogP contribution in [-0.4, -0.2) is 27.1 Å². The normalized spacial score (nSPS) is 22.2. The van der Waals surface area contributed by atoms with Crippen LogP contribution in [-0.2, 0) is 6.42 Å². The van der Waals surface area contributed by atoms with Crippen LogP contribution in [0.5, 0.6) is 0 Å². The second-order valence-corrected chi connectivity index (χ2v) is 6.89. The fourth-order valence-corrected chi connectivity index (χ4v) is 3.30. The van der Waals surface area contributed by atoms with Gasteiger partial charge in [-0.2, -0.15) is 0 Å². The van der Waals surface area contributed by atoms with Crippen LogP contribution in [0.2, 0.25) is 0 Å². The van der Waals surface area contributed by atoms with Crippen molar-refractivity contribution in [3.05, 3.63) is 18.1 Å². The Morgan fingerprint density at radius 2 is 1.84 bits per heavy atom. The molecule has 0 atom stereocenters. The lowest BCUT2D eigenvalue weighted by Gasteiger charge is -2.46. The maximum absolute atomic E-state index is 4.33. The highest BCUT2D eigenvalue weighted by molar-refractivity contribution is 5.36. The molecular weight excluding hydrogens is 236 g/mol. The van der Waals surface area contributed by atoms with Gasteiger partial charge in [-0.05, 0) is 47.0 Å². The minimum atomic E-state index is 0.153. The van der Waals surface area contributed by atoms with E-state index in [4.69, 9.17) is 0 Å². The molecule has 0 aliphatic carbocycles. The van der Waals surface area contributed by atoms with Gasteiger partial charge in [-0.1, -0.05) is 6.92 Å². The van der Waals surface area contributed by atoms with Crippen molar-refractivity contribution >= 4 is 5.82 Å². The zero-order valence-electron chi connectivity index (χ0n) is 12.7. The van der Waals surface area contributed by atoms with Crippen molar-refractivity contribution in [1.29, 1.82) is 0 Å². The third-order valence-corrected chi connectivity index (χ3v) is 3.63. The average Bonchev–Trinajstić information content (AvgIpc) is 2.24. The molecule has 1 aromatic heterocycles. The predicted molar refractivity (Wildman–Crippen MR) is 79.3 cm³/mol. The number of aryl methyl sites for hydroxylation is 1. The van der Waals surface area contributed by atoms with E-state index in [0.29, 0.717) is 6.04 Å². The van der Waals surface area contributed by atoms with Gasteiger partial charge >= 0.3 is 0 Å². The first kappa shape index (κ1) is 14.3. The molecule has 0 amide bonds. The molecule has 0 bridgehead atoms. The molecule has 0 spiro atoms. The van der Waals surface area contributed by atoms with Crippen LogP contribution < -0.4 is 10.6 Å². The maximum atomic E-state index is 4.33. The molecule has 1 saturated heterocycles. The SMILES string of the molecule is CCc1cc(NC2CC(C)(C)NC(C)(C)C2)ncn1. The number of hydrogen-bond donors (Lipinski definition) is 2. The monoisotopic (exact) mass is 262 g/mol. The highest BCUT2D eigenvalue weighted by Crippen LogP contribution is 2.30. The lowest BCUT2D eigenvalue weighted by molar-refractivity contribution is 0.170. The molecule has 2 N–H and O–H groups in total. The van der Waals surface area contributed by atoms with Crippen LogP contribution in [0.15, 0.2) is 12.4 Å². The van der Waals surface area contributed by atoms with E-state index in [9.17, 15) is 0 Å². The smallest absolute Gasteiger partial charge is 0.129 e. The van der Waals surface area contributed by atoms with Gasteiger partial charge in [0, 0.05) is 28.9 Å². The predicted octanol–water partition coefficient (Wildman–Crippen LogP) is 2.76. The molecule has 2 rings (SSSR count). The molecular formula is C15H26N4. The van der Waals surface area contributed by atoms with Crippen molar-refractivity contribution in [2.45, 2.75) is 71.0 Å². The fraction of sp³-hybridized carbons (Fsp3) is 0.733. The Morgan fingerprint density at radius 1 is 1.21 bits per heavy atom. The second-order valence-electron chi connectivity index (χ2n) is 6.89. The van der Waals surface area contributed by atoms with Gasteiger partial charge in [0.25, 0.3) is 0 Å². The molecule has 0 radical (unpaired) electrons. The summed E-state index contributed by atoms with van der Waals surface area (Å²) in [6.45, 7) is 11.2. The zero-order chi connectivity index (χ0) is 14.1. The fourth-order valence-electron chi connectivity index (χ4n) is 3.30. The molecule has 19 heavy (non-hydrogen) atoms. The molecule has 0 saturated carbocycles. The van der Waals surface area contributed by atoms with Crippen LogP contribution in [0.3, 0.4) is 0 Å². The van der Waals surface area contributed by atoms with E-state index >= 15 is 0 Å². The molecule has 1 aromatic rings. The Morgan fingerprint density at radius 3 is 2.42 bits per heavy atom. The van der Waals surface area contributed by atoms with Crippen LogP contribution in [0, 0.1) is 0 Å². The van der Waals surface area contributed by atoms with E-state index in [1.54, 1.807) is 6.33 Å². The lowest BCUT2D eigenvalue weighted by Crippen LogP contribution is -2.60. The number of piperidine rings is 1. The number of hydrogen-bond acceptors (Lipinski definition) is 4. The molecule has 1 fully saturated rings. The summed E-state index contributed by atoms with van der Waals surface area (Å²) in [4.78, 5) is 8.58. The van der Waals surface area contributed by atoms with Crippen molar-refractivity contribution in [1.82, 2.24) is 15.3 Å². The second kappa shape index (κ2) is 5.08. The van der Waals surface area contributed by atoms with E-state index in [1.165, 1.54) is 0 Å². The molecule has 0 aromatic carbocycles. The van der Waals surface area contributed by atoms with E-state index < -0.39 is 0 Å². The van der Waals surface area contributed by atoms with Gasteiger partial charge in [0.15, 0.2) is 0 Å². The summed E-state index contributed by atoms with van der Waals surface area (Å²) < 4.78 is 0. The Bertz CT molecular complexity index is 424. The lowest BCUT2D eigenvalue weighted by atomic mass is 9.79. The number of nitrogens with one attached hydrogen (secondary N) is 2. The highest BCUT2D eigenvalue weighted by Gasteiger charge is 2.37. The molecule has 0 unspecified atom stereocenters. The minimum Gasteiger partial charge on any atom is -0.367 e. The first-order valence-electron chi connectivity index (χ1n) is 7.16. The quantitative estimate of drug-likeness (QED) is 0.879. The van der Waals surface area contributed by atoms with Crippen molar-refractivity contribution in [3.63, 3.8) is 0 Å². The Kier molecular flexibility index (Phi) is 3.81. The van der Waals surface area contributed by atoms with Gasteiger partial charge in [0.1, 0.15) is 12.1 Å². The van der Waals surface area contributed by atoms with Crippen LogP contribution >= 0.6 is 0 Å². The van der Waals surface area contributed by atoms with Gasteiger partial charge < -0.3 is 10.6 Å². The molecule has 4 nitrogen and oxygen atoms in total. The van der Waals surface area contributed by atoms with Gasteiger partial charge in [-0.3, -0.25) is 0 Å². The van der Waals surface area contributed by atoms with Crippen molar-refractivity contribution < 1.29 is 0 Å². The third kappa shape index (κ3) is 3.90. The number of rotatable bonds is 3. The largest absolute Gasteiger partial charge is 0.367 e. The van der Waals surface area contributed by atoms with Gasteiger partial charge in [-0.25, -0.2) is 9.97 Å². The van der Waals surface area contributed by atoms with Crippen molar-refractivity contribution in [2.75, 3.05) is 5.32 Å². The summed E-state index contributed by atoms with van der Waals surface area (Å²) in [6, 6.07) is 2.51. The topological polar surface area (TPSA) is 49.8 Å². The summed E-state index contributed by atoms with van der Waals surface area (Å²) in [6.07, 6.45) is 4.79. The van der Waals surface area contributed by atoms with Gasteiger partial charge in [0.2, 0.25) is 0 Å². The Balaban J connectivity index is 2.09. The molecule has 1 aliphatic heterocycles. The Labute approximate surface area is 116 Å². The van der Waals surface area contributed by atoms with Crippen LogP contribution in [0.25, 0.3) is 0 Å². The number of anilines is 1. The first-order valence-corrected chi connectivity index (χ1v) is 7.16. The number of nitrogens with zero attached hydrogens (tertiary/aromatic N) is 2. The van der Waals surface area contributed by atoms with Gasteiger partial charge in [-0.15, -0.1) is 0 Å². The van der Waals surface area contributed by atoms with E-state index in [1.807, 2.05) is 0 Å². The molecule has 106 valence electrons. The summed E-state index contributed by atoms with van der Waals surface area (Å²) in [5.41, 5.74) is 1.39. The molecule has 2 heterocycles. The summed E-state index contributed by atoms with van der Waals surface area (Å²) in [5.74, 6) is 0.949. The van der Waals surface area contributed by atoms with E-state index in [2.05, 4.69) is 61.3 Å². The van der Waals surface area contributed by atoms with Crippen molar-refractivity contribution in [2.24, 2.45) is 0 Å². The molecule has 4 heteroatoms. The first-order chi connectivity index (χ1) is 8.80. The summed E-state index contributed by atoms with van der Waals surface area (Å²) in [7, 11) is 0. The van der Waals surface area contributed by atoms with Crippen LogP contribution in [0.1, 0.15) is 53.2 Å². The van der Waals surface area contributed by atoms with E-state index in [-0.39, 0.29) is 11.1 Å². The average molecular weight is 262 g/mol. The number of aromatic nitrogens is 2. The minimum absolute atomic E-state index is 0.153. The standard InChI is InChI=1S/C15H26N4/c1-6-11-7-13(17-10-16-11)18-12-8-14(2,3)19-15(4,5)9-12/h7,10,12,19H,6,8-9H2,1-5H3,(H,16,17,18). The molecule has 1 aliphatic rings. The zero-order valence-corrected chi connectivity index (χ0v) is 12.7. The van der Waals surface area contributed by atoms with Crippen molar-refractivity contribution in [3.8, 4) is 0 Å².